The van der Waals surface area contributed by atoms with Crippen LogP contribution in [0.3, 0.4) is 0 Å². The summed E-state index contributed by atoms with van der Waals surface area (Å²) in [4.78, 5) is 39.8. The predicted molar refractivity (Wildman–Crippen MR) is 413 cm³/mol. The number of allylic oxidation sites excluding steroid dienone is 2. The Balaban J connectivity index is 0.000000191. The van der Waals surface area contributed by atoms with E-state index in [1.807, 2.05) is 151 Å². The van der Waals surface area contributed by atoms with Crippen molar-refractivity contribution in [3.8, 4) is 0 Å². The fourth-order valence-corrected chi connectivity index (χ4v) is 11.2. The quantitative estimate of drug-likeness (QED) is 0.140. The van der Waals surface area contributed by atoms with E-state index < -0.39 is 0 Å². The number of benzene rings is 4. The van der Waals surface area contributed by atoms with E-state index >= 15 is 0 Å². The second-order valence-corrected chi connectivity index (χ2v) is 27.5. The van der Waals surface area contributed by atoms with Crippen molar-refractivity contribution in [3.63, 3.8) is 0 Å². The Bertz CT molecular complexity index is 3790. The van der Waals surface area contributed by atoms with Crippen molar-refractivity contribution in [2.75, 3.05) is 0 Å². The molecule has 2 N–H and O–H groups in total. The van der Waals surface area contributed by atoms with Crippen molar-refractivity contribution in [3.05, 3.63) is 321 Å². The van der Waals surface area contributed by atoms with Gasteiger partial charge in [-0.25, -0.2) is 24.9 Å². The number of para-hydroxylation sites is 1. The zero-order valence-corrected chi connectivity index (χ0v) is 61.4. The molecule has 0 saturated heterocycles. The van der Waals surface area contributed by atoms with E-state index in [0.717, 1.165) is 43.5 Å². The molecule has 3 saturated carbocycles. The van der Waals surface area contributed by atoms with Crippen LogP contribution in [-0.2, 0) is 0 Å². The maximum Gasteiger partial charge on any atom is 0.125 e. The lowest BCUT2D eigenvalue weighted by Crippen LogP contribution is -2.48. The van der Waals surface area contributed by atoms with E-state index in [1.165, 1.54) is 91.6 Å². The molecule has 0 spiro atoms. The molecule has 97 heavy (non-hydrogen) atoms. The summed E-state index contributed by atoms with van der Waals surface area (Å²) in [5.74, 6) is 2.00. The fraction of sp³-hybridized carbons (Fsp3) is 0.268. The molecule has 12 nitrogen and oxygen atoms in total. The van der Waals surface area contributed by atoms with Crippen LogP contribution in [0.1, 0.15) is 119 Å². The first kappa shape index (κ1) is 78.2. The van der Waals surface area contributed by atoms with Gasteiger partial charge in [0.1, 0.15) is 12.2 Å². The lowest BCUT2D eigenvalue weighted by Gasteiger charge is -2.60. The van der Waals surface area contributed by atoms with E-state index in [1.54, 1.807) is 121 Å². The molecule has 15 heteroatoms. The Morgan fingerprint density at radius 3 is 1.51 bits per heavy atom. The molecule has 4 aromatic carbocycles. The van der Waals surface area contributed by atoms with Crippen molar-refractivity contribution in [1.82, 2.24) is 60.0 Å². The minimum absolute atomic E-state index is 0.822. The minimum Gasteiger partial charge on any atom is -0.361 e. The number of nitrogens with one attached hydrogen (secondary N) is 2. The largest absolute Gasteiger partial charge is 0.361 e. The molecule has 504 valence electrons. The van der Waals surface area contributed by atoms with E-state index in [2.05, 4.69) is 186 Å². The molecule has 0 unspecified atom stereocenters. The van der Waals surface area contributed by atoms with Gasteiger partial charge in [0, 0.05) is 95.0 Å². The summed E-state index contributed by atoms with van der Waals surface area (Å²) in [7, 11) is 0. The normalized spacial score (nSPS) is 13.5. The average Bonchev–Trinajstić information content (AvgIpc) is 1.38. The van der Waals surface area contributed by atoms with Crippen molar-refractivity contribution in [2.45, 2.75) is 135 Å². The topological polar surface area (TPSA) is 160 Å². The first-order valence-electron chi connectivity index (χ1n) is 32.8. The third-order valence-electron chi connectivity index (χ3n) is 14.6. The summed E-state index contributed by atoms with van der Waals surface area (Å²) in [6, 6.07) is 52.9. The van der Waals surface area contributed by atoms with Crippen molar-refractivity contribution < 1.29 is 0 Å². The molecule has 0 radical (unpaired) electrons. The molecule has 0 atom stereocenters. The van der Waals surface area contributed by atoms with Gasteiger partial charge in [-0.3, -0.25) is 25.0 Å². The molecule has 0 amide bonds. The summed E-state index contributed by atoms with van der Waals surface area (Å²) >= 11 is 5.19. The molecule has 4 aliphatic carbocycles. The third kappa shape index (κ3) is 35.2. The highest BCUT2D eigenvalue weighted by Gasteiger charge is 2.52. The molecule has 18 rings (SSSR count). The highest BCUT2D eigenvalue weighted by atomic mass is 32.1. The number of aromatic nitrogens is 12. The summed E-state index contributed by atoms with van der Waals surface area (Å²) in [6.45, 7) is 26.8. The highest BCUT2D eigenvalue weighted by molar-refractivity contribution is 7.18. The van der Waals surface area contributed by atoms with Crippen LogP contribution in [-0.4, -0.2) is 60.0 Å². The number of fused-ring (bicyclic) bond motifs is 3. The molecular formula is C82H98N12S3. The van der Waals surface area contributed by atoms with E-state index in [-0.39, 0.29) is 0 Å². The Kier molecular flexibility index (Phi) is 36.9. The SMILES string of the molecule is CC12CC(C1)C2.CC1=CCCCC1.Cc1ccc2cc[nH]c2c1.Cc1ccc2cn[nH]c2c1.Cc1ccccc1.Cc1ccccn1.Cc1cccnc1.Cc1cccs1.Cc1ccncc1.Cc1cncnc1.Cc1nc2ccccc2s1.Cc1ncccn1.Cc1nccs1. The number of pyridine rings is 3. The smallest absolute Gasteiger partial charge is 0.125 e. The zero-order chi connectivity index (χ0) is 69.7. The van der Waals surface area contributed by atoms with Gasteiger partial charge < -0.3 is 4.98 Å². The summed E-state index contributed by atoms with van der Waals surface area (Å²) in [6.07, 6.45) is 35.6. The molecule has 4 aliphatic rings. The van der Waals surface area contributed by atoms with E-state index in [9.17, 15) is 0 Å². The minimum atomic E-state index is 0.822. The van der Waals surface area contributed by atoms with Crippen molar-refractivity contribution in [1.29, 1.82) is 0 Å². The van der Waals surface area contributed by atoms with Gasteiger partial charge in [-0.1, -0.05) is 109 Å². The first-order chi connectivity index (χ1) is 46.9. The maximum atomic E-state index is 4.33. The first-order valence-corrected chi connectivity index (χ1v) is 35.3. The number of nitrogens with zero attached hydrogens (tertiary/aromatic N) is 10. The molecule has 10 heterocycles. The number of rotatable bonds is 0. The lowest BCUT2D eigenvalue weighted by molar-refractivity contribution is -0.0882. The van der Waals surface area contributed by atoms with Crippen LogP contribution in [0.5, 0.6) is 0 Å². The molecule has 14 aromatic rings. The Morgan fingerprint density at radius 1 is 0.454 bits per heavy atom. The Labute approximate surface area is 589 Å². The number of H-pyrrole nitrogens is 2. The van der Waals surface area contributed by atoms with Crippen LogP contribution in [0.15, 0.2) is 261 Å². The van der Waals surface area contributed by atoms with Gasteiger partial charge in [-0.2, -0.15) is 5.10 Å². The van der Waals surface area contributed by atoms with Gasteiger partial charge in [-0.15, -0.1) is 34.0 Å². The number of aryl methyl sites for hydroxylation is 11. The number of thiazole rings is 2. The van der Waals surface area contributed by atoms with E-state index in [0.29, 0.717) is 0 Å². The summed E-state index contributed by atoms with van der Waals surface area (Å²) < 4.78 is 1.28. The van der Waals surface area contributed by atoms with Crippen LogP contribution >= 0.6 is 34.0 Å². The second-order valence-electron chi connectivity index (χ2n) is 24.0. The van der Waals surface area contributed by atoms with E-state index in [4.69, 9.17) is 0 Å². The third-order valence-corrected chi connectivity index (χ3v) is 17.0. The fourth-order valence-electron chi connectivity index (χ4n) is 9.37. The van der Waals surface area contributed by atoms with Gasteiger partial charge in [0.25, 0.3) is 0 Å². The summed E-state index contributed by atoms with van der Waals surface area (Å²) in [5.41, 5.74) is 14.4. The number of thiophene rings is 1. The highest BCUT2D eigenvalue weighted by Crippen LogP contribution is 2.63. The van der Waals surface area contributed by atoms with Gasteiger partial charge in [-0.05, 0) is 251 Å². The van der Waals surface area contributed by atoms with Crippen molar-refractivity contribution >= 4 is 66.0 Å². The number of aromatic amines is 2. The Morgan fingerprint density at radius 2 is 1.09 bits per heavy atom. The number of hydrogen-bond acceptors (Lipinski definition) is 13. The van der Waals surface area contributed by atoms with Crippen molar-refractivity contribution in [2.24, 2.45) is 11.3 Å². The second kappa shape index (κ2) is 45.8. The monoisotopic (exact) mass is 1350 g/mol. The molecule has 3 fully saturated rings. The standard InChI is InChI=1S/C9H9N.C8H8N2.C8H7NS.C7H12.C7H8.3C6H7N.C6H10.2C5H6N2.C5H6S.C4H5NS/c1-7-2-3-8-4-5-10-9(8)6-7;1-6-2-3-7-5-9-10-8(7)4-6;1-6-9-7-4-2-3-5-8(7)10-6;2*1-7-5-3-2-4-6-7;1-6-2-4-7-5-3-6;1-6-3-2-4-7-5-6;1-6-4-2-3-5-7-6;1-6-2-5(3-6)4-6;1-5-2-6-4-7-3-5;1-5-6-3-2-4-7-5;1-5-3-2-4-6-5;1-4-5-2-3-6-4/h2-6,10H,1H3;2-5H,1H3,(H,9,10);2-5H,1H3;5H,2-4,6H2,1H3;2-6H,1H3;3*2-5H,1H3;5H,2-4H2,1H3;2*2-4H,1H3;2-4H,1H3;2-3H,1H3. The van der Waals surface area contributed by atoms with Gasteiger partial charge in [0.2, 0.25) is 0 Å². The summed E-state index contributed by atoms with van der Waals surface area (Å²) in [5, 5.41) is 15.6. The van der Waals surface area contributed by atoms with Gasteiger partial charge in [0.05, 0.1) is 31.9 Å². The molecule has 0 aliphatic heterocycles. The van der Waals surface area contributed by atoms with Gasteiger partial charge >= 0.3 is 0 Å². The molecular weight excluding hydrogens is 1250 g/mol. The molecule has 10 aromatic heterocycles. The average molecular weight is 1350 g/mol. The van der Waals surface area contributed by atoms with Crippen LogP contribution in [0, 0.1) is 87.5 Å². The van der Waals surface area contributed by atoms with Crippen LogP contribution < -0.4 is 0 Å². The predicted octanol–water partition coefficient (Wildman–Crippen LogP) is 22.5. The lowest BCUT2D eigenvalue weighted by atomic mass is 9.46. The van der Waals surface area contributed by atoms with Crippen LogP contribution in [0.25, 0.3) is 32.0 Å². The van der Waals surface area contributed by atoms with Crippen LogP contribution in [0.2, 0.25) is 0 Å². The Hall–Kier alpha value is -9.54. The van der Waals surface area contributed by atoms with Gasteiger partial charge in [0.15, 0.2) is 0 Å². The number of hydrogen-bond donors (Lipinski definition) is 2. The van der Waals surface area contributed by atoms with Crippen LogP contribution in [0.4, 0.5) is 0 Å². The zero-order valence-electron chi connectivity index (χ0n) is 59.0. The maximum absolute atomic E-state index is 4.33. The molecule has 2 bridgehead atoms.